The smallest absolute Gasteiger partial charge is 0.311 e. The van der Waals surface area contributed by atoms with Gasteiger partial charge in [-0.2, -0.15) is 0 Å². The Labute approximate surface area is 80.1 Å². The first-order valence-corrected chi connectivity index (χ1v) is 4.44. The van der Waals surface area contributed by atoms with Gasteiger partial charge in [0.25, 0.3) is 0 Å². The van der Waals surface area contributed by atoms with E-state index >= 15 is 0 Å². The molecule has 0 saturated heterocycles. The summed E-state index contributed by atoms with van der Waals surface area (Å²) in [5.41, 5.74) is -1.40. The molecular weight excluding hydrogens is 168 g/mol. The van der Waals surface area contributed by atoms with Gasteiger partial charge in [-0.15, -0.1) is 0 Å². The number of carbonyl (C=O) groups is 1. The lowest BCUT2D eigenvalue weighted by Crippen LogP contribution is -2.48. The van der Waals surface area contributed by atoms with Crippen LogP contribution < -0.4 is 0 Å². The fourth-order valence-corrected chi connectivity index (χ4v) is 1.06. The standard InChI is InChI=1S/C10H20O3/c1-7(8(11)13-6)10(5,12)9(2,3)4/h7,12H,1-6H3/t7-,10+/m0/s1. The molecule has 3 heteroatoms. The number of hydrogen-bond donors (Lipinski definition) is 1. The quantitative estimate of drug-likeness (QED) is 0.669. The van der Waals surface area contributed by atoms with E-state index in [1.54, 1.807) is 13.8 Å². The average Bonchev–Trinajstić information content (AvgIpc) is 1.99. The van der Waals surface area contributed by atoms with Crippen molar-refractivity contribution >= 4 is 5.97 Å². The molecular formula is C10H20O3. The number of rotatable bonds is 2. The molecule has 0 bridgehead atoms. The highest BCUT2D eigenvalue weighted by molar-refractivity contribution is 5.73. The summed E-state index contributed by atoms with van der Waals surface area (Å²) in [6, 6.07) is 0. The summed E-state index contributed by atoms with van der Waals surface area (Å²) in [6.45, 7) is 9.02. The Bertz CT molecular complexity index is 189. The van der Waals surface area contributed by atoms with Crippen LogP contribution in [0.3, 0.4) is 0 Å². The molecule has 0 spiro atoms. The van der Waals surface area contributed by atoms with Crippen molar-refractivity contribution in [1.29, 1.82) is 0 Å². The zero-order chi connectivity index (χ0) is 10.9. The van der Waals surface area contributed by atoms with Crippen LogP contribution in [0.25, 0.3) is 0 Å². The molecule has 0 radical (unpaired) electrons. The fraction of sp³-hybridized carbons (Fsp3) is 0.900. The summed E-state index contributed by atoms with van der Waals surface area (Å²) in [5.74, 6) is -0.891. The number of esters is 1. The minimum atomic E-state index is -1.06. The van der Waals surface area contributed by atoms with Gasteiger partial charge in [-0.3, -0.25) is 4.79 Å². The van der Waals surface area contributed by atoms with Crippen molar-refractivity contribution in [2.75, 3.05) is 7.11 Å². The van der Waals surface area contributed by atoms with Gasteiger partial charge < -0.3 is 9.84 Å². The van der Waals surface area contributed by atoms with Crippen molar-refractivity contribution in [1.82, 2.24) is 0 Å². The maximum atomic E-state index is 11.2. The number of carbonyl (C=O) groups excluding carboxylic acids is 1. The third kappa shape index (κ3) is 2.44. The van der Waals surface area contributed by atoms with E-state index in [0.29, 0.717) is 0 Å². The van der Waals surface area contributed by atoms with Gasteiger partial charge in [0, 0.05) is 0 Å². The van der Waals surface area contributed by atoms with Gasteiger partial charge in [-0.05, 0) is 19.3 Å². The molecule has 0 aliphatic carbocycles. The van der Waals surface area contributed by atoms with E-state index in [0.717, 1.165) is 0 Å². The zero-order valence-electron chi connectivity index (χ0n) is 9.34. The highest BCUT2D eigenvalue weighted by Crippen LogP contribution is 2.36. The molecule has 0 fully saturated rings. The van der Waals surface area contributed by atoms with Gasteiger partial charge in [0.15, 0.2) is 0 Å². The maximum Gasteiger partial charge on any atom is 0.311 e. The van der Waals surface area contributed by atoms with E-state index in [4.69, 9.17) is 0 Å². The van der Waals surface area contributed by atoms with E-state index in [2.05, 4.69) is 4.74 Å². The van der Waals surface area contributed by atoms with Crippen LogP contribution in [0, 0.1) is 11.3 Å². The summed E-state index contributed by atoms with van der Waals surface area (Å²) < 4.78 is 4.59. The van der Waals surface area contributed by atoms with Gasteiger partial charge in [-0.1, -0.05) is 20.8 Å². The molecule has 0 heterocycles. The number of methoxy groups -OCH3 is 1. The second kappa shape index (κ2) is 3.66. The second-order valence-electron chi connectivity index (χ2n) is 4.64. The molecule has 78 valence electrons. The molecule has 0 aromatic heterocycles. The predicted molar refractivity (Wildman–Crippen MR) is 51.3 cm³/mol. The summed E-state index contributed by atoms with van der Waals surface area (Å²) in [7, 11) is 1.33. The molecule has 0 unspecified atom stereocenters. The SMILES string of the molecule is COC(=O)[C@H](C)[C@@](C)(O)C(C)(C)C. The Kier molecular flexibility index (Phi) is 3.50. The molecule has 0 aliphatic heterocycles. The van der Waals surface area contributed by atoms with E-state index in [1.807, 2.05) is 20.8 Å². The lowest BCUT2D eigenvalue weighted by molar-refractivity contribution is -0.162. The number of ether oxygens (including phenoxy) is 1. The Morgan fingerprint density at radius 3 is 1.92 bits per heavy atom. The first-order valence-electron chi connectivity index (χ1n) is 4.44. The van der Waals surface area contributed by atoms with Crippen LogP contribution in [0.15, 0.2) is 0 Å². The molecule has 0 amide bonds. The summed E-state index contributed by atoms with van der Waals surface area (Å²) in [4.78, 5) is 11.2. The molecule has 0 aliphatic rings. The van der Waals surface area contributed by atoms with E-state index in [-0.39, 0.29) is 11.4 Å². The Balaban J connectivity index is 4.74. The summed E-state index contributed by atoms with van der Waals surface area (Å²) in [5, 5.41) is 10.1. The Morgan fingerprint density at radius 2 is 1.69 bits per heavy atom. The van der Waals surface area contributed by atoms with Crippen molar-refractivity contribution in [2.24, 2.45) is 11.3 Å². The van der Waals surface area contributed by atoms with Crippen molar-refractivity contribution in [2.45, 2.75) is 40.2 Å². The van der Waals surface area contributed by atoms with Gasteiger partial charge in [0.05, 0.1) is 18.6 Å². The maximum absolute atomic E-state index is 11.2. The van der Waals surface area contributed by atoms with Crippen LogP contribution in [-0.2, 0) is 9.53 Å². The zero-order valence-corrected chi connectivity index (χ0v) is 9.34. The minimum Gasteiger partial charge on any atom is -0.469 e. The lowest BCUT2D eigenvalue weighted by atomic mass is 9.71. The minimum absolute atomic E-state index is 0.347. The van der Waals surface area contributed by atoms with E-state index < -0.39 is 11.5 Å². The summed E-state index contributed by atoms with van der Waals surface area (Å²) in [6.07, 6.45) is 0. The molecule has 0 saturated carbocycles. The van der Waals surface area contributed by atoms with Crippen LogP contribution in [0.4, 0.5) is 0 Å². The van der Waals surface area contributed by atoms with Crippen LogP contribution in [0.5, 0.6) is 0 Å². The van der Waals surface area contributed by atoms with Gasteiger partial charge >= 0.3 is 5.97 Å². The predicted octanol–water partition coefficient (Wildman–Crippen LogP) is 1.59. The molecule has 13 heavy (non-hydrogen) atoms. The molecule has 0 aromatic carbocycles. The number of hydrogen-bond acceptors (Lipinski definition) is 3. The normalized spacial score (nSPS) is 19.0. The van der Waals surface area contributed by atoms with Crippen LogP contribution >= 0.6 is 0 Å². The average molecular weight is 188 g/mol. The van der Waals surface area contributed by atoms with Gasteiger partial charge in [-0.25, -0.2) is 0 Å². The van der Waals surface area contributed by atoms with E-state index in [9.17, 15) is 9.90 Å². The largest absolute Gasteiger partial charge is 0.469 e. The highest BCUT2D eigenvalue weighted by atomic mass is 16.5. The Morgan fingerprint density at radius 1 is 1.31 bits per heavy atom. The lowest BCUT2D eigenvalue weighted by Gasteiger charge is -2.40. The first kappa shape index (κ1) is 12.4. The molecule has 2 atom stereocenters. The van der Waals surface area contributed by atoms with Crippen LogP contribution in [-0.4, -0.2) is 23.8 Å². The first-order chi connectivity index (χ1) is 5.64. The monoisotopic (exact) mass is 188 g/mol. The number of aliphatic hydroxyl groups is 1. The summed E-state index contributed by atoms with van der Waals surface area (Å²) >= 11 is 0. The third-order valence-corrected chi connectivity index (χ3v) is 2.92. The topological polar surface area (TPSA) is 46.5 Å². The molecule has 0 aromatic rings. The highest BCUT2D eigenvalue weighted by Gasteiger charge is 2.44. The van der Waals surface area contributed by atoms with Crippen molar-refractivity contribution in [3.63, 3.8) is 0 Å². The molecule has 0 rings (SSSR count). The third-order valence-electron chi connectivity index (χ3n) is 2.92. The van der Waals surface area contributed by atoms with Gasteiger partial charge in [0.2, 0.25) is 0 Å². The van der Waals surface area contributed by atoms with Crippen molar-refractivity contribution in [3.05, 3.63) is 0 Å². The Hall–Kier alpha value is -0.570. The van der Waals surface area contributed by atoms with Crippen LogP contribution in [0.1, 0.15) is 34.6 Å². The van der Waals surface area contributed by atoms with E-state index in [1.165, 1.54) is 7.11 Å². The van der Waals surface area contributed by atoms with Crippen LogP contribution in [0.2, 0.25) is 0 Å². The molecule has 1 N–H and O–H groups in total. The van der Waals surface area contributed by atoms with Crippen molar-refractivity contribution in [3.8, 4) is 0 Å². The fourth-order valence-electron chi connectivity index (χ4n) is 1.06. The molecule has 3 nitrogen and oxygen atoms in total. The van der Waals surface area contributed by atoms with Crippen molar-refractivity contribution < 1.29 is 14.6 Å². The van der Waals surface area contributed by atoms with Gasteiger partial charge in [0.1, 0.15) is 0 Å². The second-order valence-corrected chi connectivity index (χ2v) is 4.64.